The summed E-state index contributed by atoms with van der Waals surface area (Å²) in [7, 11) is 7.68. The number of fused-ring (bicyclic) bond motifs is 4. The maximum absolute atomic E-state index is 9.59. The molecule has 9 heteroatoms. The highest BCUT2D eigenvalue weighted by Crippen LogP contribution is 2.41. The lowest BCUT2D eigenvalue weighted by molar-refractivity contribution is 0.0728. The van der Waals surface area contributed by atoms with Crippen LogP contribution in [0.15, 0.2) is 36.4 Å². The van der Waals surface area contributed by atoms with Crippen LogP contribution in [0, 0.1) is 11.3 Å². The lowest BCUT2D eigenvalue weighted by Gasteiger charge is -2.43. The number of hydrogen-bond donors (Lipinski definition) is 1. The van der Waals surface area contributed by atoms with Gasteiger partial charge in [-0.3, -0.25) is 9.88 Å². The van der Waals surface area contributed by atoms with Gasteiger partial charge in [-0.2, -0.15) is 5.26 Å². The van der Waals surface area contributed by atoms with Crippen molar-refractivity contribution in [1.29, 1.82) is 5.26 Å². The van der Waals surface area contributed by atoms with Crippen LogP contribution < -0.4 is 21.1 Å². The summed E-state index contributed by atoms with van der Waals surface area (Å²) in [5, 5.41) is 10.6. The molecular weight excluding hydrogens is 449 g/mol. The highest BCUT2D eigenvalue weighted by Gasteiger charge is 2.40. The monoisotopic (exact) mass is 479 g/mol. The van der Waals surface area contributed by atoms with Gasteiger partial charge in [0.15, 0.2) is 0 Å². The van der Waals surface area contributed by atoms with Crippen LogP contribution in [0.5, 0.6) is 0 Å². The molecule has 182 valence electrons. The molecule has 0 bridgehead atoms. The zero-order valence-corrected chi connectivity index (χ0v) is 20.8. The third-order valence-electron chi connectivity index (χ3n) is 8.08. The van der Waals surface area contributed by atoms with Gasteiger partial charge in [-0.25, -0.2) is 4.98 Å². The summed E-state index contributed by atoms with van der Waals surface area (Å²) in [6, 6.07) is 15.1. The predicted molar refractivity (Wildman–Crippen MR) is 142 cm³/mol. The van der Waals surface area contributed by atoms with Gasteiger partial charge in [0, 0.05) is 63.0 Å². The molecule has 36 heavy (non-hydrogen) atoms. The molecule has 2 fully saturated rings. The first kappa shape index (κ1) is 23.2. The Bertz CT molecular complexity index is 1360. The van der Waals surface area contributed by atoms with Gasteiger partial charge >= 0.3 is 0 Å². The standard InChI is InChI=1S/C27H30BN7O/c1-16-12-34(22-6-3-17(11-29)27-19(22)4-7-25(28)32-27)14-23-18-5-8-26(31-21(18)13-35(16)23)33-10-9-20(30)24(15-33)36-2/h3-8,16,20,23-24H,9-10,12-15,30H2,1-2H3/t16-,20-,23-,24-/m1/s1. The summed E-state index contributed by atoms with van der Waals surface area (Å²) in [5.74, 6) is 1.01. The Hall–Kier alpha value is -3.19. The lowest BCUT2D eigenvalue weighted by atomic mass is 9.98. The molecule has 4 atom stereocenters. The number of nitrogens with zero attached hydrogens (tertiary/aromatic N) is 6. The second-order valence-corrected chi connectivity index (χ2v) is 10.2. The minimum atomic E-state index is 0.0285. The average Bonchev–Trinajstić information content (AvgIpc) is 3.26. The molecule has 0 spiro atoms. The number of aromatic nitrogens is 2. The molecule has 3 aliphatic heterocycles. The average molecular weight is 479 g/mol. The van der Waals surface area contributed by atoms with Crippen LogP contribution in [0.3, 0.4) is 0 Å². The first-order valence-electron chi connectivity index (χ1n) is 12.6. The number of piperidine rings is 1. The first-order valence-corrected chi connectivity index (χ1v) is 12.6. The van der Waals surface area contributed by atoms with Gasteiger partial charge in [-0.15, -0.1) is 0 Å². The fourth-order valence-corrected chi connectivity index (χ4v) is 6.11. The van der Waals surface area contributed by atoms with Crippen LogP contribution in [0.4, 0.5) is 11.5 Å². The van der Waals surface area contributed by atoms with E-state index < -0.39 is 0 Å². The van der Waals surface area contributed by atoms with Crippen molar-refractivity contribution in [1.82, 2.24) is 14.9 Å². The number of ether oxygens (including phenoxy) is 1. The number of nitrogens with two attached hydrogens (primary N) is 1. The number of nitriles is 1. The van der Waals surface area contributed by atoms with Gasteiger partial charge in [-0.1, -0.05) is 12.1 Å². The molecule has 1 aromatic carbocycles. The topological polar surface area (TPSA) is 94.5 Å². The van der Waals surface area contributed by atoms with Crippen LogP contribution in [0.25, 0.3) is 10.9 Å². The number of piperazine rings is 1. The largest absolute Gasteiger partial charge is 0.378 e. The fraction of sp³-hybridized carbons (Fsp3) is 0.444. The molecule has 0 aliphatic carbocycles. The molecule has 0 amide bonds. The zero-order valence-electron chi connectivity index (χ0n) is 20.8. The number of benzene rings is 1. The lowest BCUT2D eigenvalue weighted by Crippen LogP contribution is -2.51. The van der Waals surface area contributed by atoms with Crippen LogP contribution in [-0.2, 0) is 11.3 Å². The maximum Gasteiger partial charge on any atom is 0.141 e. The molecule has 2 saturated heterocycles. The van der Waals surface area contributed by atoms with E-state index in [2.05, 4.69) is 44.8 Å². The minimum Gasteiger partial charge on any atom is -0.378 e. The van der Waals surface area contributed by atoms with Gasteiger partial charge in [-0.05, 0) is 48.8 Å². The molecule has 0 saturated carbocycles. The van der Waals surface area contributed by atoms with Crippen molar-refractivity contribution in [2.75, 3.05) is 43.1 Å². The molecule has 3 aromatic rings. The van der Waals surface area contributed by atoms with E-state index in [1.54, 1.807) is 7.11 Å². The maximum atomic E-state index is 9.59. The Morgan fingerprint density at radius 1 is 1.08 bits per heavy atom. The van der Waals surface area contributed by atoms with E-state index >= 15 is 0 Å². The first-order chi connectivity index (χ1) is 17.5. The molecule has 6 rings (SSSR count). The number of hydrogen-bond acceptors (Lipinski definition) is 8. The van der Waals surface area contributed by atoms with Crippen molar-refractivity contribution in [2.45, 2.75) is 44.1 Å². The number of anilines is 2. The van der Waals surface area contributed by atoms with Crippen LogP contribution in [0.2, 0.25) is 0 Å². The molecule has 0 unspecified atom stereocenters. The van der Waals surface area contributed by atoms with Gasteiger partial charge in [0.2, 0.25) is 0 Å². The fourth-order valence-electron chi connectivity index (χ4n) is 6.11. The summed E-state index contributed by atoms with van der Waals surface area (Å²) in [4.78, 5) is 16.9. The van der Waals surface area contributed by atoms with Crippen LogP contribution >= 0.6 is 0 Å². The predicted octanol–water partition coefficient (Wildman–Crippen LogP) is 1.61. The Kier molecular flexibility index (Phi) is 5.83. The van der Waals surface area contributed by atoms with Gasteiger partial charge in [0.25, 0.3) is 0 Å². The minimum absolute atomic E-state index is 0.0285. The molecule has 2 aromatic heterocycles. The third-order valence-corrected chi connectivity index (χ3v) is 8.08. The Morgan fingerprint density at radius 3 is 2.75 bits per heavy atom. The Balaban J connectivity index is 1.30. The van der Waals surface area contributed by atoms with Crippen molar-refractivity contribution in [3.8, 4) is 6.07 Å². The quantitative estimate of drug-likeness (QED) is 0.567. The molecular formula is C27H30BN7O. The SMILES string of the molecule is [B]c1ccc2c(N3C[C@@H](C)N4Cc5nc(N6CC[C@@H](N)[C@H](OC)C6)ccc5[C@H]4C3)ccc(C#N)c2n1. The second kappa shape index (κ2) is 9.04. The highest BCUT2D eigenvalue weighted by molar-refractivity contribution is 6.31. The van der Waals surface area contributed by atoms with Gasteiger partial charge in [0.1, 0.15) is 19.7 Å². The molecule has 2 radical (unpaired) electrons. The second-order valence-electron chi connectivity index (χ2n) is 10.2. The van der Waals surface area contributed by atoms with E-state index in [-0.39, 0.29) is 18.2 Å². The summed E-state index contributed by atoms with van der Waals surface area (Å²) in [6.07, 6.45) is 0.928. The number of rotatable bonds is 3. The van der Waals surface area contributed by atoms with E-state index in [9.17, 15) is 5.26 Å². The summed E-state index contributed by atoms with van der Waals surface area (Å²) in [5.41, 5.74) is 11.4. The third kappa shape index (κ3) is 3.81. The smallest absolute Gasteiger partial charge is 0.141 e. The Morgan fingerprint density at radius 2 is 1.94 bits per heavy atom. The number of pyridine rings is 2. The zero-order chi connectivity index (χ0) is 25.0. The molecule has 3 aliphatic rings. The van der Waals surface area contributed by atoms with Crippen LogP contribution in [0.1, 0.15) is 36.2 Å². The molecule has 5 heterocycles. The van der Waals surface area contributed by atoms with Crippen molar-refractivity contribution >= 4 is 35.8 Å². The summed E-state index contributed by atoms with van der Waals surface area (Å²) >= 11 is 0. The van der Waals surface area contributed by atoms with Crippen molar-refractivity contribution in [2.24, 2.45) is 5.73 Å². The number of methoxy groups -OCH3 is 1. The normalized spacial score (nSPS) is 26.1. The van der Waals surface area contributed by atoms with Crippen molar-refractivity contribution < 1.29 is 4.74 Å². The van der Waals surface area contributed by atoms with Crippen LogP contribution in [-0.4, -0.2) is 74.2 Å². The highest BCUT2D eigenvalue weighted by atomic mass is 16.5. The van der Waals surface area contributed by atoms with E-state index in [1.165, 1.54) is 5.56 Å². The Labute approximate surface area is 213 Å². The van der Waals surface area contributed by atoms with Crippen molar-refractivity contribution in [3.63, 3.8) is 0 Å². The summed E-state index contributed by atoms with van der Waals surface area (Å²) in [6.45, 7) is 6.55. The van der Waals surface area contributed by atoms with Gasteiger partial charge in [0.05, 0.1) is 28.9 Å². The molecule has 2 N–H and O–H groups in total. The molecule has 8 nitrogen and oxygen atoms in total. The van der Waals surface area contributed by atoms with E-state index in [0.717, 1.165) is 61.7 Å². The van der Waals surface area contributed by atoms with Crippen molar-refractivity contribution in [3.05, 3.63) is 53.2 Å². The van der Waals surface area contributed by atoms with Gasteiger partial charge < -0.3 is 20.3 Å². The summed E-state index contributed by atoms with van der Waals surface area (Å²) < 4.78 is 5.61. The van der Waals surface area contributed by atoms with E-state index in [1.807, 2.05) is 24.3 Å². The van der Waals surface area contributed by atoms with E-state index in [0.29, 0.717) is 22.7 Å². The van der Waals surface area contributed by atoms with E-state index in [4.69, 9.17) is 23.3 Å².